The maximum atomic E-state index is 13.1. The molecule has 0 aliphatic carbocycles. The summed E-state index contributed by atoms with van der Waals surface area (Å²) in [7, 11) is 1.83. The molecular formula is C23H31N3O2. The highest BCUT2D eigenvalue weighted by atomic mass is 16.3. The zero-order valence-electron chi connectivity index (χ0n) is 18.2. The Labute approximate surface area is 167 Å². The van der Waals surface area contributed by atoms with E-state index in [9.17, 15) is 15.2 Å². The molecule has 0 atom stereocenters. The first-order valence-corrected chi connectivity index (χ1v) is 9.50. The second-order valence-corrected chi connectivity index (χ2v) is 9.37. The van der Waals surface area contributed by atoms with Gasteiger partial charge < -0.3 is 10.0 Å². The molecule has 0 unspecified atom stereocenters. The van der Waals surface area contributed by atoms with Crippen LogP contribution < -0.4 is 10.5 Å². The molecular weight excluding hydrogens is 350 g/mol. The van der Waals surface area contributed by atoms with Crippen molar-refractivity contribution in [1.82, 2.24) is 4.57 Å². The molecule has 0 saturated carbocycles. The van der Waals surface area contributed by atoms with Gasteiger partial charge in [-0.3, -0.25) is 9.36 Å². The van der Waals surface area contributed by atoms with Crippen LogP contribution in [0, 0.1) is 30.6 Å². The summed E-state index contributed by atoms with van der Waals surface area (Å²) in [6.07, 6.45) is 0.662. The van der Waals surface area contributed by atoms with Crippen LogP contribution >= 0.6 is 0 Å². The van der Waals surface area contributed by atoms with E-state index in [2.05, 4.69) is 26.8 Å². The Kier molecular flexibility index (Phi) is 5.66. The Morgan fingerprint density at radius 1 is 1.11 bits per heavy atom. The third-order valence-electron chi connectivity index (χ3n) is 5.01. The minimum Gasteiger partial charge on any atom is -0.493 e. The topological polar surface area (TPSA) is 69.3 Å². The maximum absolute atomic E-state index is 13.1. The van der Waals surface area contributed by atoms with Crippen LogP contribution in [0.2, 0.25) is 0 Å². The molecule has 5 nitrogen and oxygen atoms in total. The van der Waals surface area contributed by atoms with Crippen molar-refractivity contribution in [3.05, 3.63) is 51.3 Å². The minimum atomic E-state index is -0.665. The number of pyridine rings is 1. The third kappa shape index (κ3) is 4.06. The lowest BCUT2D eigenvalue weighted by atomic mass is 9.81. The van der Waals surface area contributed by atoms with Gasteiger partial charge in [0.25, 0.3) is 5.56 Å². The number of nitriles is 1. The Morgan fingerprint density at radius 3 is 2.11 bits per heavy atom. The molecule has 1 heterocycles. The van der Waals surface area contributed by atoms with Crippen LogP contribution in [0.5, 0.6) is 5.88 Å². The van der Waals surface area contributed by atoms with Crippen LogP contribution in [0.25, 0.3) is 0 Å². The van der Waals surface area contributed by atoms with Gasteiger partial charge in [0.15, 0.2) is 0 Å². The van der Waals surface area contributed by atoms with Crippen molar-refractivity contribution in [2.75, 3.05) is 11.9 Å². The van der Waals surface area contributed by atoms with Gasteiger partial charge in [0.1, 0.15) is 17.3 Å². The van der Waals surface area contributed by atoms with Crippen LogP contribution in [0.15, 0.2) is 29.1 Å². The van der Waals surface area contributed by atoms with Gasteiger partial charge in [0.2, 0.25) is 5.88 Å². The van der Waals surface area contributed by atoms with E-state index in [0.29, 0.717) is 17.7 Å². The van der Waals surface area contributed by atoms with Crippen LogP contribution in [-0.4, -0.2) is 16.7 Å². The highest BCUT2D eigenvalue weighted by Crippen LogP contribution is 2.40. The number of rotatable bonds is 4. The summed E-state index contributed by atoms with van der Waals surface area (Å²) in [6.45, 7) is 13.8. The second kappa shape index (κ2) is 7.35. The van der Waals surface area contributed by atoms with Crippen molar-refractivity contribution in [2.45, 2.75) is 60.4 Å². The number of nitrogens with zero attached hydrogens (tertiary/aromatic N) is 3. The number of hydrogen-bond donors (Lipinski definition) is 1. The number of anilines is 2. The fourth-order valence-corrected chi connectivity index (χ4v) is 4.13. The molecule has 0 bridgehead atoms. The maximum Gasteiger partial charge on any atom is 0.272 e. The van der Waals surface area contributed by atoms with Crippen molar-refractivity contribution in [3.63, 3.8) is 0 Å². The fourth-order valence-electron chi connectivity index (χ4n) is 4.13. The third-order valence-corrected chi connectivity index (χ3v) is 5.01. The van der Waals surface area contributed by atoms with Crippen molar-refractivity contribution >= 4 is 11.4 Å². The minimum absolute atomic E-state index is 0.0594. The first-order chi connectivity index (χ1) is 12.8. The highest BCUT2D eigenvalue weighted by molar-refractivity contribution is 5.72. The smallest absolute Gasteiger partial charge is 0.272 e. The average Bonchev–Trinajstić information content (AvgIpc) is 2.52. The lowest BCUT2D eigenvalue weighted by Gasteiger charge is -2.36. The molecule has 2 aromatic rings. The molecule has 1 aromatic carbocycles. The second-order valence-electron chi connectivity index (χ2n) is 9.37. The van der Waals surface area contributed by atoms with Crippen molar-refractivity contribution in [2.24, 2.45) is 5.41 Å². The molecule has 28 heavy (non-hydrogen) atoms. The molecule has 5 heteroatoms. The molecule has 0 radical (unpaired) electrons. The van der Waals surface area contributed by atoms with E-state index < -0.39 is 11.1 Å². The molecule has 1 N–H and O–H groups in total. The Morgan fingerprint density at radius 2 is 1.64 bits per heavy atom. The SMILES string of the molecule is Cc1ccc(N(C)c2c(C)c(C#N)c(=O)n(C(C)(C)CC(C)(C)C)c2O)cc1. The van der Waals surface area contributed by atoms with Gasteiger partial charge in [-0.05, 0) is 51.7 Å². The number of hydrogen-bond acceptors (Lipinski definition) is 4. The number of benzene rings is 1. The molecule has 0 saturated heterocycles. The van der Waals surface area contributed by atoms with Crippen molar-refractivity contribution in [1.29, 1.82) is 5.26 Å². The Hall–Kier alpha value is -2.74. The first kappa shape index (κ1) is 21.6. The zero-order valence-corrected chi connectivity index (χ0v) is 18.2. The van der Waals surface area contributed by atoms with E-state index >= 15 is 0 Å². The van der Waals surface area contributed by atoms with Gasteiger partial charge in [-0.2, -0.15) is 5.26 Å². The largest absolute Gasteiger partial charge is 0.493 e. The van der Waals surface area contributed by atoms with E-state index in [1.54, 1.807) is 6.92 Å². The predicted octanol–water partition coefficient (Wildman–Crippen LogP) is 4.98. The summed E-state index contributed by atoms with van der Waals surface area (Å²) in [5, 5.41) is 20.9. The summed E-state index contributed by atoms with van der Waals surface area (Å²) in [4.78, 5) is 14.9. The summed E-state index contributed by atoms with van der Waals surface area (Å²) in [6, 6.07) is 9.94. The molecule has 0 aliphatic heterocycles. The molecule has 0 spiro atoms. The standard InChI is InChI=1S/C23H31N3O2/c1-15-9-11-17(12-10-15)25(8)19-16(2)18(13-24)20(27)26(21(19)28)23(6,7)14-22(3,4)5/h9-12,28H,14H2,1-8H3. The van der Waals surface area contributed by atoms with Crippen LogP contribution in [-0.2, 0) is 5.54 Å². The van der Waals surface area contributed by atoms with Gasteiger partial charge in [-0.25, -0.2) is 0 Å². The summed E-state index contributed by atoms with van der Waals surface area (Å²) in [5.74, 6) is -0.112. The molecule has 1 aromatic heterocycles. The van der Waals surface area contributed by atoms with Crippen LogP contribution in [0.1, 0.15) is 57.7 Å². The Bertz CT molecular complexity index is 971. The van der Waals surface area contributed by atoms with E-state index in [1.165, 1.54) is 4.57 Å². The molecule has 2 rings (SSSR count). The lowest BCUT2D eigenvalue weighted by molar-refractivity contribution is 0.193. The molecule has 0 amide bonds. The number of aryl methyl sites for hydroxylation is 1. The lowest BCUT2D eigenvalue weighted by Crippen LogP contribution is -2.41. The van der Waals surface area contributed by atoms with Gasteiger partial charge in [-0.1, -0.05) is 38.5 Å². The van der Waals surface area contributed by atoms with Gasteiger partial charge >= 0.3 is 0 Å². The van der Waals surface area contributed by atoms with Gasteiger partial charge in [-0.15, -0.1) is 0 Å². The Balaban J connectivity index is 2.80. The average molecular weight is 382 g/mol. The van der Waals surface area contributed by atoms with E-state index in [4.69, 9.17) is 0 Å². The summed E-state index contributed by atoms with van der Waals surface area (Å²) in [5.41, 5.74) is 1.84. The first-order valence-electron chi connectivity index (χ1n) is 9.50. The molecule has 0 fully saturated rings. The van der Waals surface area contributed by atoms with Crippen molar-refractivity contribution in [3.8, 4) is 11.9 Å². The zero-order chi connectivity index (χ0) is 21.4. The summed E-state index contributed by atoms with van der Waals surface area (Å²) < 4.78 is 1.38. The van der Waals surface area contributed by atoms with Crippen LogP contribution in [0.4, 0.5) is 11.4 Å². The number of aromatic hydroxyl groups is 1. The number of aromatic nitrogens is 1. The fraction of sp³-hybridized carbons (Fsp3) is 0.478. The van der Waals surface area contributed by atoms with Crippen LogP contribution in [0.3, 0.4) is 0 Å². The quantitative estimate of drug-likeness (QED) is 0.811. The van der Waals surface area contributed by atoms with Gasteiger partial charge in [0.05, 0.1) is 0 Å². The van der Waals surface area contributed by atoms with Gasteiger partial charge in [0, 0.05) is 23.8 Å². The van der Waals surface area contributed by atoms with Crippen molar-refractivity contribution < 1.29 is 5.11 Å². The van der Waals surface area contributed by atoms with E-state index in [0.717, 1.165) is 11.3 Å². The normalized spacial score (nSPS) is 12.0. The van der Waals surface area contributed by atoms with E-state index in [-0.39, 0.29) is 16.9 Å². The molecule has 150 valence electrons. The highest BCUT2D eigenvalue weighted by Gasteiger charge is 2.33. The van der Waals surface area contributed by atoms with E-state index in [1.807, 2.05) is 57.0 Å². The summed E-state index contributed by atoms with van der Waals surface area (Å²) >= 11 is 0. The predicted molar refractivity (Wildman–Crippen MR) is 114 cm³/mol. The molecule has 0 aliphatic rings. The monoisotopic (exact) mass is 381 g/mol.